The summed E-state index contributed by atoms with van der Waals surface area (Å²) >= 11 is 0. The summed E-state index contributed by atoms with van der Waals surface area (Å²) < 4.78 is 31.7. The molecule has 1 aromatic carbocycles. The summed E-state index contributed by atoms with van der Waals surface area (Å²) in [5.41, 5.74) is -0.111. The number of carboxylic acid groups (broad SMARTS) is 1. The third-order valence-corrected chi connectivity index (χ3v) is 4.02. The van der Waals surface area contributed by atoms with Crippen molar-refractivity contribution in [3.8, 4) is 5.75 Å². The molecule has 20 heavy (non-hydrogen) atoms. The van der Waals surface area contributed by atoms with Crippen molar-refractivity contribution in [2.75, 3.05) is 13.7 Å². The van der Waals surface area contributed by atoms with Gasteiger partial charge >= 0.3 is 5.97 Å². The zero-order valence-corrected chi connectivity index (χ0v) is 12.1. The number of allylic oxidation sites excluding steroid dienone is 1. The summed E-state index contributed by atoms with van der Waals surface area (Å²) in [5, 5.41) is 8.92. The fraction of sp³-hybridized carbons (Fsp3) is 0.308. The fourth-order valence-electron chi connectivity index (χ4n) is 1.54. The van der Waals surface area contributed by atoms with Crippen molar-refractivity contribution in [1.29, 1.82) is 0 Å². The summed E-state index contributed by atoms with van der Waals surface area (Å²) in [6.07, 6.45) is 4.20. The van der Waals surface area contributed by atoms with Gasteiger partial charge in [-0.2, -0.15) is 0 Å². The molecule has 0 radical (unpaired) electrons. The third-order valence-electron chi connectivity index (χ3n) is 2.54. The zero-order valence-electron chi connectivity index (χ0n) is 11.3. The number of ether oxygens (including phenoxy) is 1. The van der Waals surface area contributed by atoms with Crippen LogP contribution in [0.15, 0.2) is 35.2 Å². The van der Waals surface area contributed by atoms with Gasteiger partial charge in [0.2, 0.25) is 10.0 Å². The van der Waals surface area contributed by atoms with Crippen LogP contribution in [0.5, 0.6) is 5.75 Å². The topological polar surface area (TPSA) is 92.7 Å². The zero-order chi connectivity index (χ0) is 15.2. The van der Waals surface area contributed by atoms with Gasteiger partial charge in [-0.1, -0.05) is 12.2 Å². The Bertz CT molecular complexity index is 607. The fourth-order valence-corrected chi connectivity index (χ4v) is 2.78. The molecule has 0 aliphatic heterocycles. The van der Waals surface area contributed by atoms with Crippen LogP contribution in [0, 0.1) is 0 Å². The Labute approximate surface area is 118 Å². The number of sulfonamides is 1. The van der Waals surface area contributed by atoms with E-state index in [4.69, 9.17) is 9.84 Å². The maximum Gasteiger partial charge on any atom is 0.335 e. The number of methoxy groups -OCH3 is 1. The predicted octanol–water partition coefficient (Wildman–Crippen LogP) is 1.64. The Kier molecular flexibility index (Phi) is 5.72. The highest BCUT2D eigenvalue weighted by molar-refractivity contribution is 7.89. The first kappa shape index (κ1) is 16.2. The number of aromatic carboxylic acids is 1. The van der Waals surface area contributed by atoms with Crippen LogP contribution in [0.1, 0.15) is 23.7 Å². The van der Waals surface area contributed by atoms with E-state index in [1.165, 1.54) is 19.2 Å². The van der Waals surface area contributed by atoms with Gasteiger partial charge in [0.25, 0.3) is 0 Å². The van der Waals surface area contributed by atoms with E-state index >= 15 is 0 Å². The van der Waals surface area contributed by atoms with Crippen molar-refractivity contribution in [2.24, 2.45) is 0 Å². The molecule has 0 atom stereocenters. The summed E-state index contributed by atoms with van der Waals surface area (Å²) in [5.74, 6) is -1.09. The molecular formula is C13H17NO5S. The molecule has 6 nitrogen and oxygen atoms in total. The van der Waals surface area contributed by atoms with Crippen molar-refractivity contribution >= 4 is 16.0 Å². The molecule has 0 aromatic heterocycles. The standard InChI is InChI=1S/C13H17NO5S/c1-3-4-5-8-14-20(17,18)12-9-10(13(15)16)6-7-11(12)19-2/h3-4,6-7,9,14H,5,8H2,1-2H3,(H,15,16)/b4-3+. The minimum Gasteiger partial charge on any atom is -0.495 e. The quantitative estimate of drug-likeness (QED) is 0.590. The number of rotatable bonds is 7. The van der Waals surface area contributed by atoms with Crippen molar-refractivity contribution in [2.45, 2.75) is 18.2 Å². The maximum atomic E-state index is 12.1. The highest BCUT2D eigenvalue weighted by Crippen LogP contribution is 2.24. The number of nitrogens with one attached hydrogen (secondary N) is 1. The molecule has 7 heteroatoms. The largest absolute Gasteiger partial charge is 0.495 e. The second-order valence-electron chi connectivity index (χ2n) is 3.93. The molecule has 110 valence electrons. The van der Waals surface area contributed by atoms with Crippen LogP contribution >= 0.6 is 0 Å². The van der Waals surface area contributed by atoms with Gasteiger partial charge in [0.15, 0.2) is 0 Å². The van der Waals surface area contributed by atoms with Crippen LogP contribution < -0.4 is 9.46 Å². The highest BCUT2D eigenvalue weighted by atomic mass is 32.2. The van der Waals surface area contributed by atoms with Gasteiger partial charge in [-0.05, 0) is 31.5 Å². The van der Waals surface area contributed by atoms with E-state index in [0.717, 1.165) is 6.07 Å². The smallest absolute Gasteiger partial charge is 0.335 e. The van der Waals surface area contributed by atoms with E-state index in [2.05, 4.69) is 4.72 Å². The average molecular weight is 299 g/mol. The van der Waals surface area contributed by atoms with Crippen molar-refractivity contribution in [3.05, 3.63) is 35.9 Å². The van der Waals surface area contributed by atoms with E-state index in [-0.39, 0.29) is 22.8 Å². The van der Waals surface area contributed by atoms with Gasteiger partial charge in [0.05, 0.1) is 12.7 Å². The minimum atomic E-state index is -3.81. The first-order valence-corrected chi connectivity index (χ1v) is 7.43. The molecule has 0 fully saturated rings. The molecule has 1 aromatic rings. The lowest BCUT2D eigenvalue weighted by Crippen LogP contribution is -2.25. The molecule has 0 heterocycles. The Balaban J connectivity index is 3.08. The Morgan fingerprint density at radius 1 is 1.45 bits per heavy atom. The molecule has 1 rings (SSSR count). The van der Waals surface area contributed by atoms with E-state index in [0.29, 0.717) is 6.42 Å². The van der Waals surface area contributed by atoms with Gasteiger partial charge in [-0.15, -0.1) is 0 Å². The van der Waals surface area contributed by atoms with Crippen molar-refractivity contribution in [3.63, 3.8) is 0 Å². The molecule has 0 bridgehead atoms. The molecule has 0 aliphatic carbocycles. The molecule has 0 unspecified atom stereocenters. The Hall–Kier alpha value is -1.86. The first-order valence-electron chi connectivity index (χ1n) is 5.94. The number of hydrogen-bond donors (Lipinski definition) is 2. The first-order chi connectivity index (χ1) is 9.42. The van der Waals surface area contributed by atoms with Crippen LogP contribution in [0.3, 0.4) is 0 Å². The molecule has 0 aliphatic rings. The summed E-state index contributed by atoms with van der Waals surface area (Å²) in [6, 6.07) is 3.70. The monoisotopic (exact) mass is 299 g/mol. The van der Waals surface area contributed by atoms with E-state index in [9.17, 15) is 13.2 Å². The molecule has 0 amide bonds. The normalized spacial score (nSPS) is 11.7. The van der Waals surface area contributed by atoms with Crippen molar-refractivity contribution in [1.82, 2.24) is 4.72 Å². The predicted molar refractivity (Wildman–Crippen MR) is 74.6 cm³/mol. The number of benzene rings is 1. The Morgan fingerprint density at radius 3 is 2.70 bits per heavy atom. The average Bonchev–Trinajstić information content (AvgIpc) is 2.42. The van der Waals surface area contributed by atoms with Crippen molar-refractivity contribution < 1.29 is 23.1 Å². The molecule has 2 N–H and O–H groups in total. The maximum absolute atomic E-state index is 12.1. The lowest BCUT2D eigenvalue weighted by atomic mass is 10.2. The van der Waals surface area contributed by atoms with Gasteiger partial charge in [-0.3, -0.25) is 0 Å². The van der Waals surface area contributed by atoms with Crippen LogP contribution in [-0.4, -0.2) is 33.1 Å². The SMILES string of the molecule is C/C=C/CCNS(=O)(=O)c1cc(C(=O)O)ccc1OC. The summed E-state index contributed by atoms with van der Waals surface area (Å²) in [4.78, 5) is 10.7. The second-order valence-corrected chi connectivity index (χ2v) is 5.66. The summed E-state index contributed by atoms with van der Waals surface area (Å²) in [6.45, 7) is 2.07. The van der Waals surface area contributed by atoms with Crippen LogP contribution in [0.25, 0.3) is 0 Å². The molecular weight excluding hydrogens is 282 g/mol. The second kappa shape index (κ2) is 7.06. The van der Waals surface area contributed by atoms with Crippen LogP contribution in [0.2, 0.25) is 0 Å². The number of carbonyl (C=O) groups is 1. The van der Waals surface area contributed by atoms with Crippen LogP contribution in [-0.2, 0) is 10.0 Å². The Morgan fingerprint density at radius 2 is 2.15 bits per heavy atom. The lowest BCUT2D eigenvalue weighted by molar-refractivity contribution is 0.0696. The number of carboxylic acids is 1. The molecule has 0 saturated carbocycles. The summed E-state index contributed by atoms with van der Waals surface area (Å²) in [7, 11) is -2.48. The van der Waals surface area contributed by atoms with E-state index in [1.54, 1.807) is 0 Å². The third kappa shape index (κ3) is 4.07. The van der Waals surface area contributed by atoms with E-state index in [1.807, 2.05) is 19.1 Å². The van der Waals surface area contributed by atoms with Crippen LogP contribution in [0.4, 0.5) is 0 Å². The lowest BCUT2D eigenvalue weighted by Gasteiger charge is -2.11. The van der Waals surface area contributed by atoms with Gasteiger partial charge < -0.3 is 9.84 Å². The minimum absolute atomic E-state index is 0.105. The van der Waals surface area contributed by atoms with Gasteiger partial charge in [0.1, 0.15) is 10.6 Å². The molecule has 0 spiro atoms. The van der Waals surface area contributed by atoms with Gasteiger partial charge in [-0.25, -0.2) is 17.9 Å². The highest BCUT2D eigenvalue weighted by Gasteiger charge is 2.20. The van der Waals surface area contributed by atoms with Gasteiger partial charge in [0, 0.05) is 6.54 Å². The van der Waals surface area contributed by atoms with E-state index < -0.39 is 16.0 Å². The molecule has 0 saturated heterocycles. The number of hydrogen-bond acceptors (Lipinski definition) is 4.